The zero-order valence-electron chi connectivity index (χ0n) is 14.7. The third-order valence-electron chi connectivity index (χ3n) is 3.49. The molecule has 1 aliphatic heterocycles. The number of hydrogen-bond acceptors (Lipinski definition) is 7. The number of ether oxygens (including phenoxy) is 2. The van der Waals surface area contributed by atoms with Crippen molar-refractivity contribution in [1.82, 2.24) is 5.01 Å². The Hall–Kier alpha value is -2.44. The van der Waals surface area contributed by atoms with Crippen LogP contribution in [0, 0.1) is 5.21 Å². The Balaban J connectivity index is 2.15. The number of esters is 1. The number of carbonyl (C=O) groups is 1. The molecule has 0 saturated heterocycles. The highest BCUT2D eigenvalue weighted by Gasteiger charge is 2.49. The number of hydrazine groups is 1. The van der Waals surface area contributed by atoms with Crippen molar-refractivity contribution in [2.75, 3.05) is 27.0 Å². The Labute approximate surface area is 172 Å². The minimum Gasteiger partial charge on any atom is -0.569 e. The molecule has 0 spiro atoms. The molecule has 1 aliphatic rings. The van der Waals surface area contributed by atoms with Gasteiger partial charge in [-0.3, -0.25) is 0 Å². The predicted octanol–water partition coefficient (Wildman–Crippen LogP) is 2.93. The number of aliphatic hydroxyl groups excluding tert-OH is 1. The molecule has 2 rings (SSSR count). The van der Waals surface area contributed by atoms with Crippen molar-refractivity contribution in [3.8, 4) is 5.75 Å². The summed E-state index contributed by atoms with van der Waals surface area (Å²) in [6, 6.07) is 2.46. The molecule has 0 radical (unpaired) electrons. The first-order chi connectivity index (χ1) is 13.5. The number of benzene rings is 1. The SMILES string of the molecule is CN(CCO)/[N+]([O-])=N/OCOC(=O)C1=Cc2cc(Cl)cc(Cl)c2O[C@@H]1C(F)(F)F. The van der Waals surface area contributed by atoms with Gasteiger partial charge in [0.05, 0.1) is 35.8 Å². The lowest BCUT2D eigenvalue weighted by atomic mass is 10.0. The van der Waals surface area contributed by atoms with Gasteiger partial charge in [0.15, 0.2) is 0 Å². The molecule has 14 heteroatoms. The van der Waals surface area contributed by atoms with Crippen molar-refractivity contribution in [2.45, 2.75) is 12.3 Å². The van der Waals surface area contributed by atoms with Gasteiger partial charge in [0, 0.05) is 10.6 Å². The second-order valence-corrected chi connectivity index (χ2v) is 6.41. The molecule has 160 valence electrons. The fourth-order valence-electron chi connectivity index (χ4n) is 2.17. The largest absolute Gasteiger partial charge is 0.569 e. The quantitative estimate of drug-likeness (QED) is 0.167. The number of rotatable bonds is 7. The Kier molecular flexibility index (Phi) is 7.38. The van der Waals surface area contributed by atoms with Crippen molar-refractivity contribution in [3.05, 3.63) is 38.5 Å². The van der Waals surface area contributed by atoms with Gasteiger partial charge in [-0.05, 0) is 18.2 Å². The van der Waals surface area contributed by atoms with Crippen LogP contribution in [0.15, 0.2) is 23.0 Å². The standard InChI is InChI=1S/C15H14Cl2F3N3O6/c1-22(2-3-24)23(26)21-28-7-27-14(25)10-5-8-4-9(16)6-11(17)12(8)29-13(10)15(18,19)20/h4-6,13,24H,2-3,7H2,1H3/b23-21-/t13-/m0/s1. The number of aliphatic hydroxyl groups is 1. The smallest absolute Gasteiger partial charge is 0.430 e. The molecule has 1 N–H and O–H groups in total. The first-order valence-corrected chi connectivity index (χ1v) is 8.53. The highest BCUT2D eigenvalue weighted by Crippen LogP contribution is 2.42. The summed E-state index contributed by atoms with van der Waals surface area (Å²) in [5, 5.41) is 23.9. The van der Waals surface area contributed by atoms with E-state index in [-0.39, 0.29) is 39.5 Å². The van der Waals surface area contributed by atoms with Gasteiger partial charge in [0.2, 0.25) is 11.4 Å². The van der Waals surface area contributed by atoms with Crippen LogP contribution in [0.4, 0.5) is 13.2 Å². The van der Waals surface area contributed by atoms with Crippen LogP contribution < -0.4 is 4.74 Å². The van der Waals surface area contributed by atoms with Crippen molar-refractivity contribution in [2.24, 2.45) is 5.28 Å². The first kappa shape index (κ1) is 22.8. The number of fused-ring (bicyclic) bond motifs is 1. The van der Waals surface area contributed by atoms with E-state index in [1.54, 1.807) is 0 Å². The summed E-state index contributed by atoms with van der Waals surface area (Å²) >= 11 is 11.7. The molecule has 0 aromatic heterocycles. The van der Waals surface area contributed by atoms with Crippen LogP contribution in [0.25, 0.3) is 6.08 Å². The average Bonchev–Trinajstić information content (AvgIpc) is 2.63. The van der Waals surface area contributed by atoms with E-state index in [2.05, 4.69) is 14.9 Å². The van der Waals surface area contributed by atoms with E-state index in [0.717, 1.165) is 11.1 Å². The van der Waals surface area contributed by atoms with E-state index in [1.807, 2.05) is 0 Å². The molecule has 0 aliphatic carbocycles. The Bertz CT molecular complexity index is 834. The zero-order valence-corrected chi connectivity index (χ0v) is 16.2. The van der Waals surface area contributed by atoms with Gasteiger partial charge in [0.1, 0.15) is 5.75 Å². The highest BCUT2D eigenvalue weighted by molar-refractivity contribution is 6.36. The molecule has 0 fully saturated rings. The minimum atomic E-state index is -4.95. The van der Waals surface area contributed by atoms with Crippen molar-refractivity contribution < 1.29 is 42.4 Å². The lowest BCUT2D eigenvalue weighted by molar-refractivity contribution is -0.706. The number of carbonyl (C=O) groups excluding carboxylic acids is 1. The van der Waals surface area contributed by atoms with E-state index in [1.165, 1.54) is 19.2 Å². The molecular weight excluding hydrogens is 446 g/mol. The fraction of sp³-hybridized carbons (Fsp3) is 0.400. The number of alkyl halides is 3. The summed E-state index contributed by atoms with van der Waals surface area (Å²) in [6.45, 7) is -1.34. The van der Waals surface area contributed by atoms with Crippen LogP contribution in [0.5, 0.6) is 5.75 Å². The molecule has 1 aromatic carbocycles. The summed E-state index contributed by atoms with van der Waals surface area (Å²) in [7, 11) is 1.29. The zero-order chi connectivity index (χ0) is 21.8. The third-order valence-corrected chi connectivity index (χ3v) is 3.98. The molecule has 0 saturated carbocycles. The van der Waals surface area contributed by atoms with Gasteiger partial charge in [-0.2, -0.15) is 13.2 Å². The minimum absolute atomic E-state index is 0.0498. The third kappa shape index (κ3) is 5.78. The lowest BCUT2D eigenvalue weighted by Gasteiger charge is -2.28. The number of hydrogen-bond donors (Lipinski definition) is 1. The monoisotopic (exact) mass is 459 g/mol. The van der Waals surface area contributed by atoms with Crippen LogP contribution >= 0.6 is 23.2 Å². The van der Waals surface area contributed by atoms with Crippen LogP contribution in [0.1, 0.15) is 5.56 Å². The topological polar surface area (TPSA) is 107 Å². The van der Waals surface area contributed by atoms with Gasteiger partial charge >= 0.3 is 12.1 Å². The van der Waals surface area contributed by atoms with E-state index in [9.17, 15) is 23.2 Å². The molecule has 1 aromatic rings. The number of likely N-dealkylation sites (N-methyl/N-ethyl adjacent to an activating group) is 1. The van der Waals surface area contributed by atoms with Gasteiger partial charge in [-0.25, -0.2) is 4.79 Å². The maximum Gasteiger partial charge on any atom is 0.430 e. The molecule has 0 unspecified atom stereocenters. The van der Waals surface area contributed by atoms with E-state index in [4.69, 9.17) is 33.0 Å². The fourth-order valence-corrected chi connectivity index (χ4v) is 2.73. The van der Waals surface area contributed by atoms with Crippen molar-refractivity contribution in [1.29, 1.82) is 0 Å². The molecule has 9 nitrogen and oxygen atoms in total. The molecular formula is C15H14Cl2F3N3O6. The van der Waals surface area contributed by atoms with Crippen LogP contribution in [0.2, 0.25) is 10.0 Å². The molecule has 0 amide bonds. The molecule has 0 bridgehead atoms. The average molecular weight is 460 g/mol. The van der Waals surface area contributed by atoms with Crippen LogP contribution in [0.3, 0.4) is 0 Å². The molecule has 1 atom stereocenters. The van der Waals surface area contributed by atoms with Crippen LogP contribution in [-0.2, 0) is 14.4 Å². The van der Waals surface area contributed by atoms with E-state index < -0.39 is 30.6 Å². The first-order valence-electron chi connectivity index (χ1n) is 7.77. The second-order valence-electron chi connectivity index (χ2n) is 5.56. The van der Waals surface area contributed by atoms with E-state index in [0.29, 0.717) is 0 Å². The molecule has 29 heavy (non-hydrogen) atoms. The predicted molar refractivity (Wildman–Crippen MR) is 92.7 cm³/mol. The summed E-state index contributed by atoms with van der Waals surface area (Å²) in [6.07, 6.45) is -6.69. The summed E-state index contributed by atoms with van der Waals surface area (Å²) < 4.78 is 49.5. The normalized spacial score (nSPS) is 16.4. The lowest BCUT2D eigenvalue weighted by Crippen LogP contribution is -2.41. The molecule has 1 heterocycles. The van der Waals surface area contributed by atoms with Crippen molar-refractivity contribution >= 4 is 35.2 Å². The van der Waals surface area contributed by atoms with Gasteiger partial charge < -0.3 is 24.6 Å². The van der Waals surface area contributed by atoms with Crippen LogP contribution in [-0.4, -0.2) is 60.3 Å². The van der Waals surface area contributed by atoms with Gasteiger partial charge in [0.25, 0.3) is 6.79 Å². The maximum atomic E-state index is 13.3. The van der Waals surface area contributed by atoms with Gasteiger partial charge in [-0.15, -0.1) is 5.01 Å². The van der Waals surface area contributed by atoms with E-state index >= 15 is 0 Å². The summed E-state index contributed by atoms with van der Waals surface area (Å²) in [5.41, 5.74) is -0.819. The Morgan fingerprint density at radius 2 is 2.14 bits per heavy atom. The number of nitrogens with zero attached hydrogens (tertiary/aromatic N) is 3. The van der Waals surface area contributed by atoms with Crippen molar-refractivity contribution in [3.63, 3.8) is 0 Å². The second kappa shape index (κ2) is 9.37. The Morgan fingerprint density at radius 3 is 2.76 bits per heavy atom. The maximum absolute atomic E-state index is 13.3. The Morgan fingerprint density at radius 1 is 1.45 bits per heavy atom. The number of halogens is 5. The summed E-state index contributed by atoms with van der Waals surface area (Å²) in [5.74, 6) is -1.69. The van der Waals surface area contributed by atoms with Gasteiger partial charge in [-0.1, -0.05) is 23.2 Å². The highest BCUT2D eigenvalue weighted by atomic mass is 35.5. The summed E-state index contributed by atoms with van der Waals surface area (Å²) in [4.78, 5) is 16.5.